The molecule has 1 aromatic heterocycles. The lowest BCUT2D eigenvalue weighted by molar-refractivity contribution is -0.385. The van der Waals surface area contributed by atoms with Crippen LogP contribution in [0.4, 0.5) is 30.6 Å². The summed E-state index contributed by atoms with van der Waals surface area (Å²) in [7, 11) is 0. The summed E-state index contributed by atoms with van der Waals surface area (Å²) in [5, 5.41) is 14.5. The van der Waals surface area contributed by atoms with E-state index in [9.17, 15) is 23.3 Å². The normalized spacial score (nSPS) is 18.9. The van der Waals surface area contributed by atoms with Gasteiger partial charge in [0, 0.05) is 23.2 Å². The summed E-state index contributed by atoms with van der Waals surface area (Å²) in [5.74, 6) is -0.653. The van der Waals surface area contributed by atoms with E-state index in [0.717, 1.165) is 31.7 Å². The van der Waals surface area contributed by atoms with Crippen LogP contribution in [0.15, 0.2) is 18.2 Å². The molecule has 174 valence electrons. The van der Waals surface area contributed by atoms with Crippen LogP contribution in [-0.2, 0) is 13.0 Å². The Labute approximate surface area is 186 Å². The van der Waals surface area contributed by atoms with Crippen molar-refractivity contribution in [2.75, 3.05) is 11.1 Å². The number of benzene rings is 1. The molecule has 0 saturated heterocycles. The molecular formula is C19H22ClF3N6O3. The molecule has 1 aromatic carbocycles. The van der Waals surface area contributed by atoms with Gasteiger partial charge in [-0.1, -0.05) is 11.6 Å². The molecule has 1 saturated carbocycles. The van der Waals surface area contributed by atoms with Crippen molar-refractivity contribution in [2.24, 2.45) is 11.7 Å². The Kier molecular flexibility index (Phi) is 7.24. The van der Waals surface area contributed by atoms with Crippen LogP contribution in [0.1, 0.15) is 36.9 Å². The number of nitrogens with two attached hydrogens (primary N) is 2. The Hall–Kier alpha value is -2.86. The summed E-state index contributed by atoms with van der Waals surface area (Å²) in [6.45, 7) is -0.180. The van der Waals surface area contributed by atoms with E-state index >= 15 is 0 Å². The third-order valence-electron chi connectivity index (χ3n) is 5.22. The quantitative estimate of drug-likeness (QED) is 0.400. The Morgan fingerprint density at radius 3 is 2.56 bits per heavy atom. The fourth-order valence-electron chi connectivity index (χ4n) is 3.69. The largest absolute Gasteiger partial charge is 0.573 e. The van der Waals surface area contributed by atoms with Gasteiger partial charge in [0.15, 0.2) is 0 Å². The monoisotopic (exact) mass is 474 g/mol. The highest BCUT2D eigenvalue weighted by Crippen LogP contribution is 2.33. The number of nitrogens with zero attached hydrogens (tertiary/aromatic N) is 3. The average molecular weight is 475 g/mol. The van der Waals surface area contributed by atoms with E-state index in [2.05, 4.69) is 20.0 Å². The molecule has 0 spiro atoms. The van der Waals surface area contributed by atoms with E-state index in [1.54, 1.807) is 0 Å². The fourth-order valence-corrected chi connectivity index (χ4v) is 3.89. The molecule has 3 rings (SSSR count). The Balaban J connectivity index is 1.82. The molecule has 9 nitrogen and oxygen atoms in total. The summed E-state index contributed by atoms with van der Waals surface area (Å²) in [5.41, 5.74) is 11.6. The van der Waals surface area contributed by atoms with Crippen molar-refractivity contribution in [3.63, 3.8) is 0 Å². The molecule has 1 aliphatic carbocycles. The summed E-state index contributed by atoms with van der Waals surface area (Å²) >= 11 is 5.89. The molecule has 13 heteroatoms. The van der Waals surface area contributed by atoms with Gasteiger partial charge >= 0.3 is 12.0 Å². The summed E-state index contributed by atoms with van der Waals surface area (Å²) in [6, 6.07) is 3.79. The Morgan fingerprint density at radius 1 is 1.25 bits per heavy atom. The first kappa shape index (κ1) is 23.8. The first-order valence-electron chi connectivity index (χ1n) is 9.86. The summed E-state index contributed by atoms with van der Waals surface area (Å²) in [6.07, 6.45) is -1.30. The van der Waals surface area contributed by atoms with Gasteiger partial charge in [-0.2, -0.15) is 4.98 Å². The van der Waals surface area contributed by atoms with Crippen LogP contribution < -0.4 is 21.5 Å². The van der Waals surface area contributed by atoms with E-state index in [-0.39, 0.29) is 52.2 Å². The highest BCUT2D eigenvalue weighted by atomic mass is 35.5. The van der Waals surface area contributed by atoms with E-state index in [4.69, 9.17) is 23.1 Å². The molecule has 0 radical (unpaired) electrons. The summed E-state index contributed by atoms with van der Waals surface area (Å²) < 4.78 is 42.0. The molecule has 0 atom stereocenters. The molecule has 0 unspecified atom stereocenters. The molecule has 0 aliphatic heterocycles. The zero-order chi connectivity index (χ0) is 23.5. The second-order valence-electron chi connectivity index (χ2n) is 7.62. The second kappa shape index (κ2) is 9.74. The van der Waals surface area contributed by atoms with Crippen LogP contribution in [0.25, 0.3) is 0 Å². The van der Waals surface area contributed by atoms with Crippen molar-refractivity contribution in [3.8, 4) is 5.75 Å². The number of rotatable bonds is 7. The molecule has 0 bridgehead atoms. The van der Waals surface area contributed by atoms with Gasteiger partial charge in [-0.05, 0) is 56.2 Å². The topological polar surface area (TPSA) is 142 Å². The SMILES string of the molecule is Nc1nc(NCc2cc(Cl)ccc2OC(F)(F)F)nc(C[C@H]2CC[C@H](N)CC2)c1[N+](=O)[O-]. The maximum Gasteiger partial charge on any atom is 0.573 e. The molecule has 0 amide bonds. The number of nitrogen functional groups attached to an aromatic ring is 1. The number of alkyl halides is 3. The van der Waals surface area contributed by atoms with Crippen molar-refractivity contribution >= 4 is 29.1 Å². The molecule has 1 heterocycles. The van der Waals surface area contributed by atoms with E-state index in [1.165, 1.54) is 12.1 Å². The van der Waals surface area contributed by atoms with Crippen molar-refractivity contribution in [1.29, 1.82) is 0 Å². The highest BCUT2D eigenvalue weighted by Gasteiger charge is 2.32. The van der Waals surface area contributed by atoms with Crippen LogP contribution in [0.3, 0.4) is 0 Å². The van der Waals surface area contributed by atoms with Gasteiger partial charge in [0.05, 0.1) is 4.92 Å². The van der Waals surface area contributed by atoms with Gasteiger partial charge in [0.1, 0.15) is 11.4 Å². The Bertz CT molecular complexity index is 984. The van der Waals surface area contributed by atoms with Crippen LogP contribution >= 0.6 is 11.6 Å². The minimum absolute atomic E-state index is 0.0476. The first-order valence-corrected chi connectivity index (χ1v) is 10.2. The fraction of sp³-hybridized carbons (Fsp3) is 0.474. The molecular weight excluding hydrogens is 453 g/mol. The lowest BCUT2D eigenvalue weighted by Crippen LogP contribution is -2.27. The van der Waals surface area contributed by atoms with E-state index in [0.29, 0.717) is 6.42 Å². The van der Waals surface area contributed by atoms with E-state index < -0.39 is 17.0 Å². The molecule has 1 fully saturated rings. The number of hydrogen-bond donors (Lipinski definition) is 3. The number of aromatic nitrogens is 2. The maximum atomic E-state index is 12.7. The van der Waals surface area contributed by atoms with Crippen LogP contribution in [0.2, 0.25) is 5.02 Å². The Morgan fingerprint density at radius 2 is 1.94 bits per heavy atom. The van der Waals surface area contributed by atoms with Crippen LogP contribution in [0, 0.1) is 16.0 Å². The minimum atomic E-state index is -4.88. The minimum Gasteiger partial charge on any atom is -0.405 e. The zero-order valence-electron chi connectivity index (χ0n) is 16.9. The summed E-state index contributed by atoms with van der Waals surface area (Å²) in [4.78, 5) is 19.0. The van der Waals surface area contributed by atoms with Crippen LogP contribution in [-0.4, -0.2) is 27.3 Å². The second-order valence-corrected chi connectivity index (χ2v) is 8.06. The van der Waals surface area contributed by atoms with Gasteiger partial charge in [0.2, 0.25) is 11.8 Å². The van der Waals surface area contributed by atoms with Crippen molar-refractivity contribution in [2.45, 2.75) is 51.1 Å². The maximum absolute atomic E-state index is 12.7. The smallest absolute Gasteiger partial charge is 0.405 e. The zero-order valence-corrected chi connectivity index (χ0v) is 17.6. The van der Waals surface area contributed by atoms with Gasteiger partial charge < -0.3 is 21.5 Å². The van der Waals surface area contributed by atoms with Gasteiger partial charge in [-0.15, -0.1) is 13.2 Å². The molecule has 5 N–H and O–H groups in total. The molecule has 32 heavy (non-hydrogen) atoms. The number of anilines is 2. The first-order chi connectivity index (χ1) is 15.0. The molecule has 2 aromatic rings. The predicted octanol–water partition coefficient (Wildman–Crippen LogP) is 4.19. The number of nitrogens with one attached hydrogen (secondary N) is 1. The average Bonchev–Trinajstić information content (AvgIpc) is 2.68. The van der Waals surface area contributed by atoms with Crippen molar-refractivity contribution in [3.05, 3.63) is 44.6 Å². The lowest BCUT2D eigenvalue weighted by atomic mass is 9.83. The third-order valence-corrected chi connectivity index (χ3v) is 5.46. The highest BCUT2D eigenvalue weighted by molar-refractivity contribution is 6.30. The number of halogens is 4. The van der Waals surface area contributed by atoms with Crippen molar-refractivity contribution in [1.82, 2.24) is 9.97 Å². The number of ether oxygens (including phenoxy) is 1. The standard InChI is InChI=1S/C19H22ClF3N6O3/c20-12-3-6-15(32-19(21,22)23)11(8-12)9-26-18-27-14(16(29(30)31)17(25)28-18)7-10-1-4-13(24)5-2-10/h3,6,8,10,13H,1-2,4-5,7,9,24H2,(H3,25,26,27,28)/t10-,13-. The number of nitro groups is 1. The van der Waals surface area contributed by atoms with Gasteiger partial charge in [0.25, 0.3) is 0 Å². The van der Waals surface area contributed by atoms with E-state index in [1.807, 2.05) is 0 Å². The predicted molar refractivity (Wildman–Crippen MR) is 112 cm³/mol. The van der Waals surface area contributed by atoms with Gasteiger partial charge in [-0.3, -0.25) is 10.1 Å². The number of hydrogen-bond acceptors (Lipinski definition) is 8. The lowest BCUT2D eigenvalue weighted by Gasteiger charge is -2.25. The van der Waals surface area contributed by atoms with Crippen molar-refractivity contribution < 1.29 is 22.8 Å². The molecule has 1 aliphatic rings. The van der Waals surface area contributed by atoms with Gasteiger partial charge in [-0.25, -0.2) is 4.98 Å². The van der Waals surface area contributed by atoms with Crippen LogP contribution in [0.5, 0.6) is 5.75 Å². The third kappa shape index (κ3) is 6.33.